The van der Waals surface area contributed by atoms with Crippen molar-refractivity contribution >= 4 is 35.2 Å². The molecule has 22 heavy (non-hydrogen) atoms. The van der Waals surface area contributed by atoms with Gasteiger partial charge in [0.2, 0.25) is 5.95 Å². The fourth-order valence-corrected chi connectivity index (χ4v) is 2.94. The van der Waals surface area contributed by atoms with Gasteiger partial charge in [-0.05, 0) is 39.0 Å². The summed E-state index contributed by atoms with van der Waals surface area (Å²) < 4.78 is 0. The number of halogens is 1. The number of rotatable bonds is 5. The van der Waals surface area contributed by atoms with Gasteiger partial charge in [0.15, 0.2) is 0 Å². The average Bonchev–Trinajstić information content (AvgIpc) is 2.46. The summed E-state index contributed by atoms with van der Waals surface area (Å²) in [6, 6.07) is 9.30. The van der Waals surface area contributed by atoms with E-state index in [1.165, 1.54) is 11.8 Å². The molecule has 0 unspecified atom stereocenters. The van der Waals surface area contributed by atoms with Gasteiger partial charge < -0.3 is 0 Å². The van der Waals surface area contributed by atoms with Crippen molar-refractivity contribution in [3.63, 3.8) is 0 Å². The van der Waals surface area contributed by atoms with Crippen LogP contribution in [-0.2, 0) is 4.79 Å². The average molecular weight is 337 g/mol. The topological polar surface area (TPSA) is 66.9 Å². The Bertz CT molecular complexity index is 660. The van der Waals surface area contributed by atoms with Gasteiger partial charge in [-0.25, -0.2) is 9.97 Å². The molecule has 1 atom stereocenters. The third kappa shape index (κ3) is 4.61. The number of nitrogens with zero attached hydrogens (tertiary/aromatic N) is 2. The van der Waals surface area contributed by atoms with E-state index in [1.54, 1.807) is 6.07 Å². The predicted molar refractivity (Wildman–Crippen MR) is 90.0 cm³/mol. The van der Waals surface area contributed by atoms with E-state index in [0.29, 0.717) is 11.0 Å². The van der Waals surface area contributed by atoms with Crippen molar-refractivity contribution in [1.82, 2.24) is 15.4 Å². The lowest BCUT2D eigenvalue weighted by molar-refractivity contribution is -0.119. The molecule has 0 saturated heterocycles. The van der Waals surface area contributed by atoms with Crippen molar-refractivity contribution in [3.8, 4) is 0 Å². The van der Waals surface area contributed by atoms with Crippen LogP contribution in [0.5, 0.6) is 0 Å². The summed E-state index contributed by atoms with van der Waals surface area (Å²) >= 11 is 7.49. The second-order valence-electron chi connectivity index (χ2n) is 4.78. The minimum Gasteiger partial charge on any atom is -0.272 e. The molecule has 0 aliphatic heterocycles. The molecule has 1 aromatic carbocycles. The molecule has 116 valence electrons. The van der Waals surface area contributed by atoms with Gasteiger partial charge in [0.1, 0.15) is 0 Å². The number of hydrogen-bond acceptors (Lipinski definition) is 5. The van der Waals surface area contributed by atoms with E-state index in [4.69, 9.17) is 11.6 Å². The molecule has 1 heterocycles. The molecule has 0 aliphatic rings. The second kappa shape index (κ2) is 7.47. The Balaban J connectivity index is 1.93. The smallest absolute Gasteiger partial charge is 0.251 e. The van der Waals surface area contributed by atoms with Crippen LogP contribution >= 0.6 is 23.4 Å². The number of benzene rings is 1. The van der Waals surface area contributed by atoms with Gasteiger partial charge in [-0.15, -0.1) is 11.8 Å². The number of anilines is 1. The maximum Gasteiger partial charge on any atom is 0.251 e. The lowest BCUT2D eigenvalue weighted by Crippen LogP contribution is -2.36. The highest BCUT2D eigenvalue weighted by atomic mass is 35.5. The van der Waals surface area contributed by atoms with E-state index in [0.717, 1.165) is 16.3 Å². The number of carbonyl (C=O) groups is 1. The number of aryl methyl sites for hydroxylation is 2. The molecule has 0 radical (unpaired) electrons. The van der Waals surface area contributed by atoms with Gasteiger partial charge in [0.25, 0.3) is 5.91 Å². The van der Waals surface area contributed by atoms with Crippen LogP contribution in [0.25, 0.3) is 0 Å². The number of hydrazine groups is 1. The number of aromatic nitrogens is 2. The normalized spacial score (nSPS) is 11.8. The van der Waals surface area contributed by atoms with Crippen molar-refractivity contribution in [1.29, 1.82) is 0 Å². The minimum atomic E-state index is -0.307. The summed E-state index contributed by atoms with van der Waals surface area (Å²) in [6.07, 6.45) is 0. The molecule has 2 N–H and O–H groups in total. The Hall–Kier alpha value is -1.79. The molecular formula is C15H17ClN4OS. The monoisotopic (exact) mass is 336 g/mol. The van der Waals surface area contributed by atoms with Crippen LogP contribution in [0.2, 0.25) is 5.02 Å². The largest absolute Gasteiger partial charge is 0.272 e. The molecule has 7 heteroatoms. The molecule has 1 amide bonds. The zero-order chi connectivity index (χ0) is 16.1. The maximum absolute atomic E-state index is 12.1. The van der Waals surface area contributed by atoms with Gasteiger partial charge in [0.05, 0.1) is 10.3 Å². The first kappa shape index (κ1) is 16.6. The fraction of sp³-hybridized carbons (Fsp3) is 0.267. The summed E-state index contributed by atoms with van der Waals surface area (Å²) in [5, 5.41) is 0.330. The second-order valence-corrected chi connectivity index (χ2v) is 6.57. The zero-order valence-electron chi connectivity index (χ0n) is 12.6. The number of thioether (sulfide) groups is 1. The quantitative estimate of drug-likeness (QED) is 0.647. The molecular weight excluding hydrogens is 320 g/mol. The van der Waals surface area contributed by atoms with Crippen LogP contribution in [0, 0.1) is 13.8 Å². The van der Waals surface area contributed by atoms with E-state index in [-0.39, 0.29) is 11.2 Å². The first-order chi connectivity index (χ1) is 10.5. The first-order valence-corrected chi connectivity index (χ1v) is 8.01. The SMILES string of the molecule is Cc1cc(C)nc(NNC(=O)[C@@H](C)Sc2ccccc2Cl)n1. The Labute approximate surface area is 138 Å². The Morgan fingerprint density at radius 1 is 1.23 bits per heavy atom. The lowest BCUT2D eigenvalue weighted by Gasteiger charge is -2.13. The third-order valence-corrected chi connectivity index (χ3v) is 4.41. The van der Waals surface area contributed by atoms with Crippen LogP contribution in [0.15, 0.2) is 35.2 Å². The predicted octanol–water partition coefficient (Wildman–Crippen LogP) is 3.37. The molecule has 0 bridgehead atoms. The van der Waals surface area contributed by atoms with E-state index < -0.39 is 0 Å². The molecule has 2 aromatic rings. The van der Waals surface area contributed by atoms with Crippen molar-refractivity contribution in [2.45, 2.75) is 30.9 Å². The van der Waals surface area contributed by atoms with Crippen LogP contribution in [0.3, 0.4) is 0 Å². The highest BCUT2D eigenvalue weighted by molar-refractivity contribution is 8.00. The fourth-order valence-electron chi connectivity index (χ4n) is 1.79. The molecule has 1 aromatic heterocycles. The Kier molecular flexibility index (Phi) is 5.63. The number of hydrogen-bond donors (Lipinski definition) is 2. The van der Waals surface area contributed by atoms with Gasteiger partial charge >= 0.3 is 0 Å². The standard InChI is InChI=1S/C15H17ClN4OS/c1-9-8-10(2)18-15(17-9)20-19-14(21)11(3)22-13-7-5-4-6-12(13)16/h4-8,11H,1-3H3,(H,19,21)(H,17,18,20)/t11-/m1/s1. The van der Waals surface area contributed by atoms with Gasteiger partial charge in [-0.3, -0.25) is 15.6 Å². The molecule has 0 fully saturated rings. The Morgan fingerprint density at radius 3 is 2.50 bits per heavy atom. The molecule has 0 aliphatic carbocycles. The van der Waals surface area contributed by atoms with Crippen molar-refractivity contribution in [3.05, 3.63) is 46.7 Å². The minimum absolute atomic E-state index is 0.173. The van der Waals surface area contributed by atoms with Crippen LogP contribution < -0.4 is 10.9 Å². The molecule has 2 rings (SSSR count). The van der Waals surface area contributed by atoms with Crippen molar-refractivity contribution in [2.75, 3.05) is 5.43 Å². The van der Waals surface area contributed by atoms with Gasteiger partial charge in [-0.2, -0.15) is 0 Å². The van der Waals surface area contributed by atoms with Crippen molar-refractivity contribution < 1.29 is 4.79 Å². The molecule has 0 saturated carbocycles. The Morgan fingerprint density at radius 2 is 1.86 bits per heavy atom. The highest BCUT2D eigenvalue weighted by Crippen LogP contribution is 2.29. The van der Waals surface area contributed by atoms with E-state index in [9.17, 15) is 4.79 Å². The summed E-state index contributed by atoms with van der Waals surface area (Å²) in [6.45, 7) is 5.56. The third-order valence-electron chi connectivity index (χ3n) is 2.79. The van der Waals surface area contributed by atoms with Crippen LogP contribution in [0.1, 0.15) is 18.3 Å². The summed E-state index contributed by atoms with van der Waals surface area (Å²) in [5.74, 6) is 0.202. The molecule has 0 spiro atoms. The van der Waals surface area contributed by atoms with Crippen LogP contribution in [0.4, 0.5) is 5.95 Å². The summed E-state index contributed by atoms with van der Waals surface area (Å²) in [7, 11) is 0. The number of nitrogens with one attached hydrogen (secondary N) is 2. The van der Waals surface area contributed by atoms with Crippen LogP contribution in [-0.4, -0.2) is 21.1 Å². The van der Waals surface area contributed by atoms with Gasteiger partial charge in [0, 0.05) is 16.3 Å². The van der Waals surface area contributed by atoms with E-state index in [2.05, 4.69) is 20.8 Å². The summed E-state index contributed by atoms with van der Waals surface area (Å²) in [5.41, 5.74) is 7.03. The summed E-state index contributed by atoms with van der Waals surface area (Å²) in [4.78, 5) is 21.4. The van der Waals surface area contributed by atoms with E-state index >= 15 is 0 Å². The lowest BCUT2D eigenvalue weighted by atomic mass is 10.4. The highest BCUT2D eigenvalue weighted by Gasteiger charge is 2.15. The van der Waals surface area contributed by atoms with Crippen molar-refractivity contribution in [2.24, 2.45) is 0 Å². The maximum atomic E-state index is 12.1. The number of amides is 1. The number of carbonyl (C=O) groups excluding carboxylic acids is 1. The first-order valence-electron chi connectivity index (χ1n) is 6.75. The zero-order valence-corrected chi connectivity index (χ0v) is 14.1. The van der Waals surface area contributed by atoms with E-state index in [1.807, 2.05) is 45.0 Å². The van der Waals surface area contributed by atoms with Gasteiger partial charge in [-0.1, -0.05) is 23.7 Å². The molecule has 5 nitrogen and oxygen atoms in total.